The zero-order chi connectivity index (χ0) is 13.3. The summed E-state index contributed by atoms with van der Waals surface area (Å²) in [5, 5.41) is 16.7. The Hall–Kier alpha value is -1.35. The Balaban J connectivity index is 2.95. The van der Waals surface area contributed by atoms with Gasteiger partial charge in [-0.15, -0.1) is 0 Å². The average Bonchev–Trinajstić information content (AvgIpc) is 2.15. The fraction of sp³-hybridized carbons (Fsp3) is 0.250. The predicted octanol–water partition coefficient (Wildman–Crippen LogP) is 1.69. The molecule has 2 N–H and O–H groups in total. The normalized spacial score (nSPS) is 12.4. The third kappa shape index (κ3) is 3.07. The van der Waals surface area contributed by atoms with E-state index in [-0.39, 0.29) is 5.75 Å². The van der Waals surface area contributed by atoms with E-state index in [2.05, 4.69) is 4.65 Å². The van der Waals surface area contributed by atoms with Gasteiger partial charge in [-0.25, -0.2) is 0 Å². The number of hydrogen-bond acceptors (Lipinski definition) is 3. The molecule has 94 valence electrons. The van der Waals surface area contributed by atoms with Crippen LogP contribution >= 0.6 is 0 Å². The molecule has 0 aromatic heterocycles. The number of halogens is 5. The van der Waals surface area contributed by atoms with Crippen LogP contribution in [0.1, 0.15) is 5.56 Å². The van der Waals surface area contributed by atoms with Crippen molar-refractivity contribution in [2.24, 2.45) is 0 Å². The van der Waals surface area contributed by atoms with E-state index in [1.807, 2.05) is 0 Å². The second kappa shape index (κ2) is 4.50. The lowest BCUT2D eigenvalue weighted by Gasteiger charge is -2.19. The minimum atomic E-state index is -5.69. The molecule has 1 aromatic carbocycles. The molecule has 0 saturated heterocycles. The number of hydrogen-bond donors (Lipinski definition) is 2. The molecule has 0 heterocycles. The smallest absolute Gasteiger partial charge is 0.512 e. The van der Waals surface area contributed by atoms with Crippen molar-refractivity contribution in [3.63, 3.8) is 0 Å². The lowest BCUT2D eigenvalue weighted by molar-refractivity contribution is -0.289. The first-order chi connectivity index (χ1) is 7.64. The van der Waals surface area contributed by atoms with E-state index < -0.39 is 25.0 Å². The molecule has 0 saturated carbocycles. The largest absolute Gasteiger partial charge is 0.707 e. The lowest BCUT2D eigenvalue weighted by Crippen LogP contribution is -2.33. The van der Waals surface area contributed by atoms with E-state index in [0.717, 1.165) is 12.1 Å². The van der Waals surface area contributed by atoms with Crippen LogP contribution in [0.4, 0.5) is 22.0 Å². The highest BCUT2D eigenvalue weighted by Crippen LogP contribution is 2.43. The Morgan fingerprint density at radius 2 is 1.41 bits per heavy atom. The SMILES string of the molecule is OB(O)Oc1ccc(C(F)(F)C(F)(F)F)cc1. The molecule has 1 rings (SSSR count). The molecule has 0 unspecified atom stereocenters. The van der Waals surface area contributed by atoms with Gasteiger partial charge in [0.15, 0.2) is 0 Å². The summed E-state index contributed by atoms with van der Waals surface area (Å²) in [6, 6.07) is 2.53. The second-order valence-corrected chi connectivity index (χ2v) is 3.04. The van der Waals surface area contributed by atoms with Crippen molar-refractivity contribution in [3.05, 3.63) is 29.8 Å². The third-order valence-electron chi connectivity index (χ3n) is 1.81. The van der Waals surface area contributed by atoms with Gasteiger partial charge in [-0.2, -0.15) is 22.0 Å². The molecule has 0 spiro atoms. The summed E-state index contributed by atoms with van der Waals surface area (Å²) in [7, 11) is -2.18. The molecule has 0 bridgehead atoms. The van der Waals surface area contributed by atoms with Crippen molar-refractivity contribution in [1.82, 2.24) is 0 Å². The van der Waals surface area contributed by atoms with Gasteiger partial charge in [0.1, 0.15) is 5.75 Å². The Morgan fingerprint density at radius 3 is 1.76 bits per heavy atom. The fourth-order valence-electron chi connectivity index (χ4n) is 1.03. The van der Waals surface area contributed by atoms with Crippen LogP contribution in [0.25, 0.3) is 0 Å². The van der Waals surface area contributed by atoms with E-state index in [9.17, 15) is 22.0 Å². The Bertz CT molecular complexity index is 376. The van der Waals surface area contributed by atoms with Gasteiger partial charge in [-0.3, -0.25) is 0 Å². The number of benzene rings is 1. The standard InChI is InChI=1S/C8H6BF5O3/c10-7(11,8(12,13)14)5-1-3-6(4-2-5)17-9(15)16/h1-4,15-16H. The van der Waals surface area contributed by atoms with Gasteiger partial charge in [0.05, 0.1) is 0 Å². The van der Waals surface area contributed by atoms with E-state index in [0.29, 0.717) is 12.1 Å². The first-order valence-electron chi connectivity index (χ1n) is 4.22. The lowest BCUT2D eigenvalue weighted by atomic mass is 10.1. The molecule has 0 aliphatic carbocycles. The summed E-state index contributed by atoms with van der Waals surface area (Å²) >= 11 is 0. The van der Waals surface area contributed by atoms with Crippen molar-refractivity contribution >= 4 is 7.32 Å². The van der Waals surface area contributed by atoms with Crippen LogP contribution in [0, 0.1) is 0 Å². The molecular weight excluding hydrogens is 250 g/mol. The van der Waals surface area contributed by atoms with E-state index in [1.165, 1.54) is 0 Å². The second-order valence-electron chi connectivity index (χ2n) is 3.04. The molecule has 1 aromatic rings. The van der Waals surface area contributed by atoms with Gasteiger partial charge in [0.2, 0.25) is 0 Å². The van der Waals surface area contributed by atoms with Gasteiger partial charge in [-0.1, -0.05) is 0 Å². The minimum absolute atomic E-state index is 0.248. The highest BCUT2D eigenvalue weighted by atomic mass is 19.4. The molecule has 3 nitrogen and oxygen atoms in total. The van der Waals surface area contributed by atoms with E-state index >= 15 is 0 Å². The van der Waals surface area contributed by atoms with Crippen LogP contribution in [-0.4, -0.2) is 23.5 Å². The first kappa shape index (κ1) is 13.7. The minimum Gasteiger partial charge on any atom is -0.512 e. The monoisotopic (exact) mass is 256 g/mol. The molecule has 0 aliphatic heterocycles. The molecule has 0 fully saturated rings. The maximum Gasteiger partial charge on any atom is 0.707 e. The van der Waals surface area contributed by atoms with Crippen molar-refractivity contribution in [2.75, 3.05) is 0 Å². The van der Waals surface area contributed by atoms with Gasteiger partial charge in [0, 0.05) is 5.56 Å². The highest BCUT2D eigenvalue weighted by molar-refractivity contribution is 6.33. The van der Waals surface area contributed by atoms with Gasteiger partial charge >= 0.3 is 19.4 Å². The molecule has 0 amide bonds. The summed E-state index contributed by atoms with van der Waals surface area (Å²) in [6.07, 6.45) is -5.69. The van der Waals surface area contributed by atoms with Crippen LogP contribution in [-0.2, 0) is 5.92 Å². The van der Waals surface area contributed by atoms with Crippen LogP contribution < -0.4 is 4.65 Å². The van der Waals surface area contributed by atoms with Crippen LogP contribution in [0.2, 0.25) is 0 Å². The Kier molecular flexibility index (Phi) is 3.63. The Morgan fingerprint density at radius 1 is 0.941 bits per heavy atom. The van der Waals surface area contributed by atoms with Crippen molar-refractivity contribution in [1.29, 1.82) is 0 Å². The maximum atomic E-state index is 12.8. The van der Waals surface area contributed by atoms with Crippen LogP contribution in [0.5, 0.6) is 5.75 Å². The van der Waals surface area contributed by atoms with Crippen molar-refractivity contribution < 1.29 is 36.7 Å². The number of rotatable bonds is 3. The summed E-state index contributed by atoms with van der Waals surface area (Å²) in [5.41, 5.74) is -1.26. The van der Waals surface area contributed by atoms with Gasteiger partial charge in [0.25, 0.3) is 0 Å². The van der Waals surface area contributed by atoms with Crippen LogP contribution in [0.3, 0.4) is 0 Å². The molecule has 0 atom stereocenters. The third-order valence-corrected chi connectivity index (χ3v) is 1.81. The van der Waals surface area contributed by atoms with Gasteiger partial charge < -0.3 is 14.7 Å². The summed E-state index contributed by atoms with van der Waals surface area (Å²) in [6.45, 7) is 0. The quantitative estimate of drug-likeness (QED) is 0.639. The fourth-order valence-corrected chi connectivity index (χ4v) is 1.03. The molecule has 17 heavy (non-hydrogen) atoms. The summed E-state index contributed by atoms with van der Waals surface area (Å²) in [5.74, 6) is -5.22. The van der Waals surface area contributed by atoms with Crippen molar-refractivity contribution in [2.45, 2.75) is 12.1 Å². The Labute approximate surface area is 92.6 Å². The summed E-state index contributed by atoms with van der Waals surface area (Å²) in [4.78, 5) is 0. The van der Waals surface area contributed by atoms with Crippen LogP contribution in [0.15, 0.2) is 24.3 Å². The van der Waals surface area contributed by atoms with E-state index in [4.69, 9.17) is 10.0 Å². The van der Waals surface area contributed by atoms with E-state index in [1.54, 1.807) is 0 Å². The molecule has 0 aliphatic rings. The first-order valence-corrected chi connectivity index (χ1v) is 4.22. The zero-order valence-electron chi connectivity index (χ0n) is 8.08. The van der Waals surface area contributed by atoms with Crippen molar-refractivity contribution in [3.8, 4) is 5.75 Å². The molecule has 9 heteroatoms. The topological polar surface area (TPSA) is 49.7 Å². The maximum absolute atomic E-state index is 12.8. The zero-order valence-corrected chi connectivity index (χ0v) is 8.08. The average molecular weight is 256 g/mol. The molecular formula is C8H6BF5O3. The number of alkyl halides is 5. The summed E-state index contributed by atoms with van der Waals surface area (Å²) < 4.78 is 65.7. The highest BCUT2D eigenvalue weighted by Gasteiger charge is 2.58. The van der Waals surface area contributed by atoms with Gasteiger partial charge in [-0.05, 0) is 24.3 Å². The predicted molar refractivity (Wildman–Crippen MR) is 47.2 cm³/mol. The molecule has 0 radical (unpaired) electrons.